The van der Waals surface area contributed by atoms with Crippen molar-refractivity contribution in [3.05, 3.63) is 53.6 Å². The minimum atomic E-state index is 0.511. The molecule has 0 fully saturated rings. The Kier molecular flexibility index (Phi) is 2.72. The van der Waals surface area contributed by atoms with E-state index in [1.807, 2.05) is 42.5 Å². The molecule has 0 aliphatic carbocycles. The Labute approximate surface area is 121 Å². The number of hydrogen-bond acceptors (Lipinski definition) is 5. The summed E-state index contributed by atoms with van der Waals surface area (Å²) in [6.45, 7) is 1.32. The Hall–Kier alpha value is -2.66. The van der Waals surface area contributed by atoms with Crippen LogP contribution in [0, 0.1) is 0 Å². The highest BCUT2D eigenvalue weighted by Gasteiger charge is 2.15. The lowest BCUT2D eigenvalue weighted by molar-refractivity contribution is 0.134. The van der Waals surface area contributed by atoms with Crippen LogP contribution in [0.25, 0.3) is 22.8 Å². The van der Waals surface area contributed by atoms with E-state index in [0.29, 0.717) is 30.6 Å². The third kappa shape index (κ3) is 2.17. The third-order valence-electron chi connectivity index (χ3n) is 3.56. The summed E-state index contributed by atoms with van der Waals surface area (Å²) >= 11 is 0. The van der Waals surface area contributed by atoms with E-state index in [2.05, 4.69) is 10.1 Å². The van der Waals surface area contributed by atoms with E-state index in [1.165, 1.54) is 11.1 Å². The van der Waals surface area contributed by atoms with Crippen molar-refractivity contribution in [2.45, 2.75) is 13.2 Å². The molecule has 0 atom stereocenters. The maximum Gasteiger partial charge on any atom is 0.258 e. The third-order valence-corrected chi connectivity index (χ3v) is 3.56. The van der Waals surface area contributed by atoms with Crippen molar-refractivity contribution in [3.8, 4) is 22.8 Å². The van der Waals surface area contributed by atoms with Crippen LogP contribution in [-0.4, -0.2) is 10.1 Å². The monoisotopic (exact) mass is 279 g/mol. The predicted octanol–water partition coefficient (Wildman–Crippen LogP) is 3.02. The Morgan fingerprint density at radius 1 is 0.905 bits per heavy atom. The van der Waals surface area contributed by atoms with Crippen molar-refractivity contribution in [2.24, 2.45) is 0 Å². The number of hydrogen-bond donors (Lipinski definition) is 1. The lowest BCUT2D eigenvalue weighted by Gasteiger charge is -1.98. The molecule has 0 unspecified atom stereocenters. The quantitative estimate of drug-likeness (QED) is 0.730. The Balaban J connectivity index is 1.69. The second-order valence-corrected chi connectivity index (χ2v) is 5.02. The minimum absolute atomic E-state index is 0.511. The molecule has 21 heavy (non-hydrogen) atoms. The number of rotatable bonds is 2. The Bertz CT molecular complexity index is 794. The molecule has 0 saturated heterocycles. The number of nitrogens with zero attached hydrogens (tertiary/aromatic N) is 2. The number of nitrogen functional groups attached to an aromatic ring is 1. The fourth-order valence-corrected chi connectivity index (χ4v) is 2.40. The molecule has 4 rings (SSSR count). The number of aromatic nitrogens is 2. The molecule has 0 bridgehead atoms. The van der Waals surface area contributed by atoms with E-state index in [0.717, 1.165) is 11.1 Å². The minimum Gasteiger partial charge on any atom is -0.399 e. The molecular formula is C16H13N3O2. The van der Waals surface area contributed by atoms with Crippen LogP contribution in [-0.2, 0) is 18.0 Å². The van der Waals surface area contributed by atoms with Gasteiger partial charge in [0.05, 0.1) is 13.2 Å². The molecule has 2 heterocycles. The molecule has 1 aromatic heterocycles. The molecule has 2 N–H and O–H groups in total. The van der Waals surface area contributed by atoms with Crippen LogP contribution in [0.4, 0.5) is 5.69 Å². The van der Waals surface area contributed by atoms with E-state index >= 15 is 0 Å². The number of fused-ring (bicyclic) bond motifs is 1. The molecular weight excluding hydrogens is 266 g/mol. The van der Waals surface area contributed by atoms with Gasteiger partial charge in [0.25, 0.3) is 5.89 Å². The normalized spacial score (nSPS) is 13.3. The van der Waals surface area contributed by atoms with Gasteiger partial charge in [0.15, 0.2) is 0 Å². The van der Waals surface area contributed by atoms with Gasteiger partial charge < -0.3 is 15.0 Å². The zero-order valence-electron chi connectivity index (χ0n) is 11.2. The largest absolute Gasteiger partial charge is 0.399 e. The Morgan fingerprint density at radius 2 is 1.67 bits per heavy atom. The van der Waals surface area contributed by atoms with E-state index in [4.69, 9.17) is 15.0 Å². The van der Waals surface area contributed by atoms with Crippen molar-refractivity contribution < 1.29 is 9.26 Å². The van der Waals surface area contributed by atoms with Crippen LogP contribution >= 0.6 is 0 Å². The molecule has 0 radical (unpaired) electrons. The highest BCUT2D eigenvalue weighted by molar-refractivity contribution is 5.62. The average Bonchev–Trinajstić information content (AvgIpc) is 3.16. The molecule has 5 nitrogen and oxygen atoms in total. The number of nitrogens with two attached hydrogens (primary N) is 1. The van der Waals surface area contributed by atoms with E-state index in [-0.39, 0.29) is 0 Å². The lowest BCUT2D eigenvalue weighted by atomic mass is 10.1. The zero-order chi connectivity index (χ0) is 14.2. The Morgan fingerprint density at radius 3 is 2.52 bits per heavy atom. The molecule has 3 aromatic rings. The second-order valence-electron chi connectivity index (χ2n) is 5.02. The fourth-order valence-electron chi connectivity index (χ4n) is 2.40. The lowest BCUT2D eigenvalue weighted by Crippen LogP contribution is -1.86. The molecule has 5 heteroatoms. The van der Waals surface area contributed by atoms with Gasteiger partial charge >= 0.3 is 0 Å². The predicted molar refractivity (Wildman–Crippen MR) is 78.1 cm³/mol. The highest BCUT2D eigenvalue weighted by atomic mass is 16.5. The summed E-state index contributed by atoms with van der Waals surface area (Å²) < 4.78 is 10.8. The van der Waals surface area contributed by atoms with Crippen LogP contribution in [0.15, 0.2) is 47.0 Å². The van der Waals surface area contributed by atoms with Crippen LogP contribution in [0.5, 0.6) is 0 Å². The summed E-state index contributed by atoms with van der Waals surface area (Å²) in [5.41, 5.74) is 10.6. The second kappa shape index (κ2) is 4.71. The molecule has 0 amide bonds. The van der Waals surface area contributed by atoms with Crippen LogP contribution in [0.3, 0.4) is 0 Å². The van der Waals surface area contributed by atoms with E-state index in [9.17, 15) is 0 Å². The first-order valence-corrected chi connectivity index (χ1v) is 6.69. The van der Waals surface area contributed by atoms with Gasteiger partial charge in [0.1, 0.15) is 0 Å². The standard InChI is InChI=1S/C16H13N3O2/c17-14-5-3-10(4-6-14)15-18-16(21-19-15)11-1-2-12-8-20-9-13(12)7-11/h1-7H,8-9,17H2. The van der Waals surface area contributed by atoms with Gasteiger partial charge in [-0.2, -0.15) is 4.98 Å². The maximum absolute atomic E-state index is 5.68. The van der Waals surface area contributed by atoms with Gasteiger partial charge in [-0.05, 0) is 47.5 Å². The van der Waals surface area contributed by atoms with Crippen LogP contribution < -0.4 is 5.73 Å². The van der Waals surface area contributed by atoms with E-state index in [1.54, 1.807) is 0 Å². The van der Waals surface area contributed by atoms with Gasteiger partial charge in [-0.1, -0.05) is 11.2 Å². The van der Waals surface area contributed by atoms with Gasteiger partial charge in [-0.3, -0.25) is 0 Å². The summed E-state index contributed by atoms with van der Waals surface area (Å²) in [5, 5.41) is 4.03. The topological polar surface area (TPSA) is 74.2 Å². The van der Waals surface area contributed by atoms with Crippen LogP contribution in [0.2, 0.25) is 0 Å². The number of anilines is 1. The first kappa shape index (κ1) is 12.1. The number of ether oxygens (including phenoxy) is 1. The molecule has 1 aliphatic rings. The first-order chi connectivity index (χ1) is 10.3. The summed E-state index contributed by atoms with van der Waals surface area (Å²) in [4.78, 5) is 4.45. The molecule has 0 spiro atoms. The maximum atomic E-state index is 5.68. The highest BCUT2D eigenvalue weighted by Crippen LogP contribution is 2.27. The van der Waals surface area contributed by atoms with Gasteiger partial charge in [-0.15, -0.1) is 0 Å². The fraction of sp³-hybridized carbons (Fsp3) is 0.125. The summed E-state index contributed by atoms with van der Waals surface area (Å²) in [6.07, 6.45) is 0. The van der Waals surface area contributed by atoms with Gasteiger partial charge in [0.2, 0.25) is 5.82 Å². The smallest absolute Gasteiger partial charge is 0.258 e. The molecule has 2 aromatic carbocycles. The molecule has 0 saturated carbocycles. The van der Waals surface area contributed by atoms with Crippen molar-refractivity contribution >= 4 is 5.69 Å². The zero-order valence-corrected chi connectivity index (χ0v) is 11.2. The molecule has 1 aliphatic heterocycles. The van der Waals surface area contributed by atoms with Gasteiger partial charge in [-0.25, -0.2) is 0 Å². The summed E-state index contributed by atoms with van der Waals surface area (Å²) in [6, 6.07) is 13.5. The molecule has 104 valence electrons. The number of benzene rings is 2. The summed E-state index contributed by atoms with van der Waals surface area (Å²) in [7, 11) is 0. The summed E-state index contributed by atoms with van der Waals surface area (Å²) in [5.74, 6) is 1.07. The average molecular weight is 279 g/mol. The van der Waals surface area contributed by atoms with Crippen LogP contribution in [0.1, 0.15) is 11.1 Å². The van der Waals surface area contributed by atoms with Crippen molar-refractivity contribution in [2.75, 3.05) is 5.73 Å². The van der Waals surface area contributed by atoms with Crippen molar-refractivity contribution in [1.82, 2.24) is 10.1 Å². The van der Waals surface area contributed by atoms with Gasteiger partial charge in [0, 0.05) is 16.8 Å². The first-order valence-electron chi connectivity index (χ1n) is 6.69. The van der Waals surface area contributed by atoms with Crippen molar-refractivity contribution in [3.63, 3.8) is 0 Å². The van der Waals surface area contributed by atoms with E-state index < -0.39 is 0 Å². The van der Waals surface area contributed by atoms with Crippen molar-refractivity contribution in [1.29, 1.82) is 0 Å². The SMILES string of the molecule is Nc1ccc(-c2noc(-c3ccc4c(c3)COC4)n2)cc1.